The number of carbonyl (C=O) groups excluding carboxylic acids is 1. The molecule has 1 fully saturated rings. The average Bonchev–Trinajstić information content (AvgIpc) is 3.35. The van der Waals surface area contributed by atoms with Crippen LogP contribution in [0.15, 0.2) is 46.2 Å². The molecule has 1 aliphatic rings. The third kappa shape index (κ3) is 3.81. The fourth-order valence-electron chi connectivity index (χ4n) is 3.19. The van der Waals surface area contributed by atoms with Gasteiger partial charge in [0.25, 0.3) is 5.89 Å². The van der Waals surface area contributed by atoms with Crippen molar-refractivity contribution in [2.75, 3.05) is 13.1 Å². The van der Waals surface area contributed by atoms with Gasteiger partial charge in [0.05, 0.1) is 17.2 Å². The Morgan fingerprint density at radius 3 is 2.88 bits per heavy atom. The molecule has 0 saturated carbocycles. The maximum Gasteiger partial charge on any atom is 0.257 e. The Hall–Kier alpha value is -2.18. The molecule has 0 bridgehead atoms. The van der Waals surface area contributed by atoms with Crippen molar-refractivity contribution < 1.29 is 9.21 Å². The molecule has 1 atom stereocenters. The van der Waals surface area contributed by atoms with E-state index in [1.54, 1.807) is 11.3 Å². The highest BCUT2D eigenvalue weighted by atomic mass is 35.5. The number of likely N-dealkylation sites (tertiary alicyclic amines) is 1. The minimum Gasteiger partial charge on any atom is -0.420 e. The van der Waals surface area contributed by atoms with E-state index in [0.29, 0.717) is 29.8 Å². The summed E-state index contributed by atoms with van der Waals surface area (Å²) in [6.45, 7) is 1.40. The Morgan fingerprint density at radius 1 is 1.27 bits per heavy atom. The fraction of sp³-hybridized carbons (Fsp3) is 0.316. The van der Waals surface area contributed by atoms with Gasteiger partial charge in [-0.05, 0) is 42.0 Å². The number of nitrogens with zero attached hydrogens (tertiary/aromatic N) is 3. The second kappa shape index (κ2) is 7.60. The lowest BCUT2D eigenvalue weighted by molar-refractivity contribution is -0.131. The first-order valence-corrected chi connectivity index (χ1v) is 9.84. The first kappa shape index (κ1) is 17.2. The molecule has 0 unspecified atom stereocenters. The van der Waals surface area contributed by atoms with Crippen LogP contribution >= 0.6 is 22.9 Å². The summed E-state index contributed by atoms with van der Waals surface area (Å²) >= 11 is 7.48. The predicted octanol–water partition coefficient (Wildman–Crippen LogP) is 4.40. The van der Waals surface area contributed by atoms with Gasteiger partial charge in [-0.25, -0.2) is 0 Å². The van der Waals surface area contributed by atoms with Crippen LogP contribution in [-0.4, -0.2) is 34.1 Å². The Kier molecular flexibility index (Phi) is 5.04. The summed E-state index contributed by atoms with van der Waals surface area (Å²) in [5.74, 6) is 1.39. The molecule has 0 spiro atoms. The van der Waals surface area contributed by atoms with Gasteiger partial charge >= 0.3 is 0 Å². The van der Waals surface area contributed by atoms with Gasteiger partial charge in [0.1, 0.15) is 0 Å². The van der Waals surface area contributed by atoms with Gasteiger partial charge in [0.15, 0.2) is 0 Å². The number of rotatable bonds is 4. The molecule has 3 aromatic rings. The normalized spacial score (nSPS) is 17.4. The van der Waals surface area contributed by atoms with Gasteiger partial charge in [-0.2, -0.15) is 0 Å². The summed E-state index contributed by atoms with van der Waals surface area (Å²) < 4.78 is 5.86. The Labute approximate surface area is 160 Å². The van der Waals surface area contributed by atoms with E-state index in [0.717, 1.165) is 29.8 Å². The zero-order valence-corrected chi connectivity index (χ0v) is 15.7. The smallest absolute Gasteiger partial charge is 0.257 e. The Bertz CT molecular complexity index is 877. The summed E-state index contributed by atoms with van der Waals surface area (Å²) in [5, 5.41) is 11.0. The van der Waals surface area contributed by atoms with Crippen LogP contribution in [0.3, 0.4) is 0 Å². The predicted molar refractivity (Wildman–Crippen MR) is 101 cm³/mol. The van der Waals surface area contributed by atoms with Gasteiger partial charge in [0, 0.05) is 18.1 Å². The SMILES string of the molecule is O=C(Cc1ccc(Cl)cc1)N1CCC[C@H](c2nnc(-c3cccs3)o2)C1. The van der Waals surface area contributed by atoms with E-state index in [2.05, 4.69) is 10.2 Å². The van der Waals surface area contributed by atoms with Crippen molar-refractivity contribution in [3.05, 3.63) is 58.3 Å². The second-order valence-corrected chi connectivity index (χ2v) is 7.79. The number of halogens is 1. The molecule has 3 heterocycles. The molecule has 134 valence electrons. The molecular formula is C19H18ClN3O2S. The van der Waals surface area contributed by atoms with Crippen molar-refractivity contribution in [2.24, 2.45) is 0 Å². The third-order valence-electron chi connectivity index (χ3n) is 4.56. The summed E-state index contributed by atoms with van der Waals surface area (Å²) in [4.78, 5) is 15.5. The van der Waals surface area contributed by atoms with Crippen molar-refractivity contribution in [3.8, 4) is 10.8 Å². The molecule has 1 aromatic carbocycles. The molecule has 1 aliphatic heterocycles. The summed E-state index contributed by atoms with van der Waals surface area (Å²) in [7, 11) is 0. The maximum atomic E-state index is 12.6. The number of aromatic nitrogens is 2. The van der Waals surface area contributed by atoms with E-state index in [1.807, 2.05) is 46.7 Å². The van der Waals surface area contributed by atoms with Crippen LogP contribution in [0.1, 0.15) is 30.2 Å². The standard InChI is InChI=1S/C19H18ClN3O2S/c20-15-7-5-13(6-8-15)11-17(24)23-9-1-3-14(12-23)18-21-22-19(25-18)16-4-2-10-26-16/h2,4-8,10,14H,1,3,9,11-12H2/t14-/m0/s1. The van der Waals surface area contributed by atoms with Gasteiger partial charge in [-0.1, -0.05) is 29.8 Å². The number of hydrogen-bond donors (Lipinski definition) is 0. The topological polar surface area (TPSA) is 59.2 Å². The van der Waals surface area contributed by atoms with Crippen LogP contribution < -0.4 is 0 Å². The number of thiophene rings is 1. The number of amides is 1. The van der Waals surface area contributed by atoms with Crippen molar-refractivity contribution >= 4 is 28.8 Å². The largest absolute Gasteiger partial charge is 0.420 e. The fourth-order valence-corrected chi connectivity index (χ4v) is 3.96. The monoisotopic (exact) mass is 387 g/mol. The highest BCUT2D eigenvalue weighted by Crippen LogP contribution is 2.30. The van der Waals surface area contributed by atoms with E-state index in [1.165, 1.54) is 0 Å². The van der Waals surface area contributed by atoms with Crippen LogP contribution in [0.5, 0.6) is 0 Å². The van der Waals surface area contributed by atoms with E-state index in [-0.39, 0.29) is 11.8 Å². The van der Waals surface area contributed by atoms with Crippen LogP contribution in [-0.2, 0) is 11.2 Å². The molecule has 26 heavy (non-hydrogen) atoms. The lowest BCUT2D eigenvalue weighted by Gasteiger charge is -2.31. The minimum absolute atomic E-state index is 0.0964. The first-order valence-electron chi connectivity index (χ1n) is 8.58. The Morgan fingerprint density at radius 2 is 2.12 bits per heavy atom. The van der Waals surface area contributed by atoms with Crippen molar-refractivity contribution in [3.63, 3.8) is 0 Å². The first-order chi connectivity index (χ1) is 12.7. The number of benzene rings is 1. The highest BCUT2D eigenvalue weighted by Gasteiger charge is 2.28. The number of carbonyl (C=O) groups is 1. The molecule has 0 radical (unpaired) electrons. The molecule has 2 aromatic heterocycles. The molecule has 0 N–H and O–H groups in total. The molecule has 7 heteroatoms. The maximum absolute atomic E-state index is 12.6. The molecule has 0 aliphatic carbocycles. The minimum atomic E-state index is 0.0964. The van der Waals surface area contributed by atoms with Crippen LogP contribution in [0.4, 0.5) is 0 Å². The van der Waals surface area contributed by atoms with Crippen LogP contribution in [0, 0.1) is 0 Å². The molecule has 1 amide bonds. The van der Waals surface area contributed by atoms with Crippen molar-refractivity contribution in [2.45, 2.75) is 25.2 Å². The molecular weight excluding hydrogens is 370 g/mol. The van der Waals surface area contributed by atoms with Gasteiger partial charge in [0.2, 0.25) is 11.8 Å². The lowest BCUT2D eigenvalue weighted by atomic mass is 9.97. The van der Waals surface area contributed by atoms with Gasteiger partial charge in [-0.15, -0.1) is 21.5 Å². The number of piperidine rings is 1. The lowest BCUT2D eigenvalue weighted by Crippen LogP contribution is -2.40. The van der Waals surface area contributed by atoms with Crippen LogP contribution in [0.2, 0.25) is 5.02 Å². The van der Waals surface area contributed by atoms with Gasteiger partial charge < -0.3 is 9.32 Å². The number of hydrogen-bond acceptors (Lipinski definition) is 5. The van der Waals surface area contributed by atoms with Crippen LogP contribution in [0.25, 0.3) is 10.8 Å². The second-order valence-electron chi connectivity index (χ2n) is 6.40. The molecule has 5 nitrogen and oxygen atoms in total. The third-order valence-corrected chi connectivity index (χ3v) is 5.67. The summed E-state index contributed by atoms with van der Waals surface area (Å²) in [6, 6.07) is 11.3. The quantitative estimate of drug-likeness (QED) is 0.665. The average molecular weight is 388 g/mol. The molecule has 1 saturated heterocycles. The zero-order chi connectivity index (χ0) is 17.9. The van der Waals surface area contributed by atoms with E-state index in [4.69, 9.17) is 16.0 Å². The summed E-state index contributed by atoms with van der Waals surface area (Å²) in [5.41, 5.74) is 0.972. The van der Waals surface area contributed by atoms with E-state index < -0.39 is 0 Å². The molecule has 4 rings (SSSR count). The van der Waals surface area contributed by atoms with E-state index in [9.17, 15) is 4.79 Å². The highest BCUT2D eigenvalue weighted by molar-refractivity contribution is 7.13. The van der Waals surface area contributed by atoms with Crippen molar-refractivity contribution in [1.29, 1.82) is 0 Å². The zero-order valence-electron chi connectivity index (χ0n) is 14.1. The summed E-state index contributed by atoms with van der Waals surface area (Å²) in [6.07, 6.45) is 2.28. The van der Waals surface area contributed by atoms with Crippen molar-refractivity contribution in [1.82, 2.24) is 15.1 Å². The van der Waals surface area contributed by atoms with Gasteiger partial charge in [-0.3, -0.25) is 4.79 Å². The Balaban J connectivity index is 1.42. The van der Waals surface area contributed by atoms with E-state index >= 15 is 0 Å².